The van der Waals surface area contributed by atoms with Gasteiger partial charge < -0.3 is 5.32 Å². The Hall–Kier alpha value is -2.55. The fourth-order valence-corrected chi connectivity index (χ4v) is 6.00. The number of fused-ring (bicyclic) bond motifs is 2. The minimum atomic E-state index is -3.58. The van der Waals surface area contributed by atoms with Gasteiger partial charge in [0.1, 0.15) is 0 Å². The molecule has 2 heterocycles. The molecule has 1 fully saturated rings. The molecule has 5 rings (SSSR count). The molecule has 8 heteroatoms. The minimum Gasteiger partial charge on any atom is -0.355 e. The second-order valence-electron chi connectivity index (χ2n) is 8.05. The predicted molar refractivity (Wildman–Crippen MR) is 126 cm³/mol. The highest BCUT2D eigenvalue weighted by Gasteiger charge is 2.19. The molecule has 0 radical (unpaired) electrons. The number of rotatable bonds is 6. The molecule has 0 bridgehead atoms. The fraction of sp³-hybridized carbons (Fsp3) is 0.304. The van der Waals surface area contributed by atoms with Gasteiger partial charge in [-0.1, -0.05) is 19.3 Å². The van der Waals surface area contributed by atoms with Crippen LogP contribution >= 0.6 is 11.3 Å². The van der Waals surface area contributed by atoms with Gasteiger partial charge in [0.05, 0.1) is 26.1 Å². The summed E-state index contributed by atoms with van der Waals surface area (Å²) in [6.07, 6.45) is 7.56. The number of hydrogen-bond acceptors (Lipinski definition) is 6. The molecule has 0 amide bonds. The van der Waals surface area contributed by atoms with Crippen molar-refractivity contribution in [1.29, 1.82) is 0 Å². The van der Waals surface area contributed by atoms with Gasteiger partial charge in [-0.2, -0.15) is 0 Å². The van der Waals surface area contributed by atoms with E-state index in [0.29, 0.717) is 12.5 Å². The molecule has 4 aromatic rings. The second kappa shape index (κ2) is 8.53. The van der Waals surface area contributed by atoms with Crippen LogP contribution in [0.15, 0.2) is 59.1 Å². The lowest BCUT2D eigenvalue weighted by Crippen LogP contribution is -2.30. The number of aromatic nitrogens is 2. The molecule has 1 saturated carbocycles. The standard InChI is InChI=1S/C23H24N4O2S2/c28-31(29,26-14-16-4-2-1-3-5-16)18-7-8-20-19(13-18)21(10-11-24-20)27-17-6-9-23-22(12-17)25-15-30-23/h6-13,15-16,26H,1-5,14H2,(H,24,27). The van der Waals surface area contributed by atoms with Gasteiger partial charge in [-0.25, -0.2) is 18.1 Å². The van der Waals surface area contributed by atoms with E-state index < -0.39 is 10.0 Å². The number of benzene rings is 2. The van der Waals surface area contributed by atoms with Crippen molar-refractivity contribution in [3.8, 4) is 0 Å². The fourth-order valence-electron chi connectivity index (χ4n) is 4.19. The van der Waals surface area contributed by atoms with Crippen molar-refractivity contribution in [2.75, 3.05) is 11.9 Å². The molecule has 2 N–H and O–H groups in total. The third kappa shape index (κ3) is 4.42. The SMILES string of the molecule is O=S(=O)(NCC1CCCCC1)c1ccc2nccc(Nc3ccc4scnc4c3)c2c1. The van der Waals surface area contributed by atoms with Crippen LogP contribution in [0.3, 0.4) is 0 Å². The lowest BCUT2D eigenvalue weighted by molar-refractivity contribution is 0.357. The van der Waals surface area contributed by atoms with Crippen molar-refractivity contribution in [2.24, 2.45) is 5.92 Å². The predicted octanol–water partition coefficient (Wildman–Crippen LogP) is 5.45. The first kappa shape index (κ1) is 20.4. The summed E-state index contributed by atoms with van der Waals surface area (Å²) >= 11 is 1.60. The first-order chi connectivity index (χ1) is 15.1. The van der Waals surface area contributed by atoms with Crippen LogP contribution in [0.5, 0.6) is 0 Å². The maximum atomic E-state index is 12.9. The molecule has 2 aromatic carbocycles. The number of sulfonamides is 1. The molecule has 1 aliphatic carbocycles. The molecule has 0 aliphatic heterocycles. The van der Waals surface area contributed by atoms with Crippen LogP contribution < -0.4 is 10.0 Å². The molecular weight excluding hydrogens is 428 g/mol. The van der Waals surface area contributed by atoms with E-state index in [-0.39, 0.29) is 4.90 Å². The van der Waals surface area contributed by atoms with Gasteiger partial charge in [-0.3, -0.25) is 4.98 Å². The van der Waals surface area contributed by atoms with Crippen LogP contribution in [0.1, 0.15) is 32.1 Å². The van der Waals surface area contributed by atoms with Crippen LogP contribution in [0.4, 0.5) is 11.4 Å². The second-order valence-corrected chi connectivity index (χ2v) is 10.7. The Morgan fingerprint density at radius 3 is 2.71 bits per heavy atom. The summed E-state index contributed by atoms with van der Waals surface area (Å²) < 4.78 is 29.8. The quantitative estimate of drug-likeness (QED) is 0.407. The van der Waals surface area contributed by atoms with Crippen LogP contribution in [0, 0.1) is 5.92 Å². The molecule has 0 unspecified atom stereocenters. The Morgan fingerprint density at radius 2 is 1.84 bits per heavy atom. The lowest BCUT2D eigenvalue weighted by Gasteiger charge is -2.21. The van der Waals surface area contributed by atoms with Crippen molar-refractivity contribution >= 4 is 53.9 Å². The van der Waals surface area contributed by atoms with Crippen LogP contribution in [-0.2, 0) is 10.0 Å². The van der Waals surface area contributed by atoms with Crippen LogP contribution in [0.25, 0.3) is 21.1 Å². The molecule has 160 valence electrons. The number of nitrogens with zero attached hydrogens (tertiary/aromatic N) is 2. The highest BCUT2D eigenvalue weighted by molar-refractivity contribution is 7.89. The van der Waals surface area contributed by atoms with Crippen molar-refractivity contribution in [1.82, 2.24) is 14.7 Å². The Kier molecular flexibility index (Phi) is 5.60. The van der Waals surface area contributed by atoms with E-state index in [1.165, 1.54) is 19.3 Å². The zero-order chi connectivity index (χ0) is 21.3. The Bertz CT molecular complexity index is 1330. The third-order valence-corrected chi connectivity index (χ3v) is 8.15. The lowest BCUT2D eigenvalue weighted by atomic mass is 9.90. The topological polar surface area (TPSA) is 84.0 Å². The monoisotopic (exact) mass is 452 g/mol. The maximum Gasteiger partial charge on any atom is 0.240 e. The van der Waals surface area contributed by atoms with Gasteiger partial charge in [0, 0.05) is 29.5 Å². The highest BCUT2D eigenvalue weighted by Crippen LogP contribution is 2.30. The summed E-state index contributed by atoms with van der Waals surface area (Å²) in [6, 6.07) is 13.0. The van der Waals surface area contributed by atoms with Gasteiger partial charge in [-0.15, -0.1) is 11.3 Å². The van der Waals surface area contributed by atoms with Gasteiger partial charge >= 0.3 is 0 Å². The summed E-state index contributed by atoms with van der Waals surface area (Å²) in [4.78, 5) is 9.03. The Labute approximate surface area is 185 Å². The van der Waals surface area contributed by atoms with Crippen LogP contribution in [0.2, 0.25) is 0 Å². The summed E-state index contributed by atoms with van der Waals surface area (Å²) in [7, 11) is -3.58. The van der Waals surface area contributed by atoms with E-state index in [9.17, 15) is 8.42 Å². The summed E-state index contributed by atoms with van der Waals surface area (Å²) in [6.45, 7) is 0.506. The summed E-state index contributed by atoms with van der Waals surface area (Å²) in [5, 5.41) is 4.17. The molecular formula is C23H24N4O2S2. The Balaban J connectivity index is 1.42. The van der Waals surface area contributed by atoms with E-state index in [1.807, 2.05) is 29.8 Å². The summed E-state index contributed by atoms with van der Waals surface area (Å²) in [5.41, 5.74) is 5.21. The van der Waals surface area contributed by atoms with Crippen molar-refractivity contribution in [3.05, 3.63) is 54.2 Å². The van der Waals surface area contributed by atoms with Crippen molar-refractivity contribution < 1.29 is 8.42 Å². The van der Waals surface area contributed by atoms with Gasteiger partial charge in [0.2, 0.25) is 10.0 Å². The summed E-state index contributed by atoms with van der Waals surface area (Å²) in [5.74, 6) is 0.434. The van der Waals surface area contributed by atoms with E-state index >= 15 is 0 Å². The van der Waals surface area contributed by atoms with E-state index in [0.717, 1.165) is 45.3 Å². The molecule has 0 atom stereocenters. The minimum absolute atomic E-state index is 0.266. The normalized spacial score (nSPS) is 15.5. The van der Waals surface area contributed by atoms with E-state index in [1.54, 1.807) is 35.7 Å². The van der Waals surface area contributed by atoms with E-state index in [4.69, 9.17) is 0 Å². The average molecular weight is 453 g/mol. The Morgan fingerprint density at radius 1 is 0.968 bits per heavy atom. The molecule has 0 saturated heterocycles. The molecule has 0 spiro atoms. The molecule has 2 aromatic heterocycles. The van der Waals surface area contributed by atoms with Crippen molar-refractivity contribution in [2.45, 2.75) is 37.0 Å². The van der Waals surface area contributed by atoms with Crippen molar-refractivity contribution in [3.63, 3.8) is 0 Å². The van der Waals surface area contributed by atoms with Gasteiger partial charge in [0.25, 0.3) is 0 Å². The number of thiazole rings is 1. The largest absolute Gasteiger partial charge is 0.355 e. The zero-order valence-electron chi connectivity index (χ0n) is 17.0. The molecule has 31 heavy (non-hydrogen) atoms. The first-order valence-electron chi connectivity index (χ1n) is 10.6. The average Bonchev–Trinajstić information content (AvgIpc) is 3.26. The first-order valence-corrected chi connectivity index (χ1v) is 12.9. The molecule has 6 nitrogen and oxygen atoms in total. The number of anilines is 2. The number of nitrogens with one attached hydrogen (secondary N) is 2. The zero-order valence-corrected chi connectivity index (χ0v) is 18.7. The van der Waals surface area contributed by atoms with Gasteiger partial charge in [-0.05, 0) is 61.2 Å². The highest BCUT2D eigenvalue weighted by atomic mass is 32.2. The maximum absolute atomic E-state index is 12.9. The smallest absolute Gasteiger partial charge is 0.240 e. The third-order valence-electron chi connectivity index (χ3n) is 5.92. The molecule has 1 aliphatic rings. The number of pyridine rings is 1. The van der Waals surface area contributed by atoms with Crippen LogP contribution in [-0.4, -0.2) is 24.9 Å². The van der Waals surface area contributed by atoms with Gasteiger partial charge in [0.15, 0.2) is 0 Å². The van der Waals surface area contributed by atoms with E-state index in [2.05, 4.69) is 20.0 Å². The number of hydrogen-bond donors (Lipinski definition) is 2.